The molecule has 0 aliphatic heterocycles. The number of alkyl halides is 2. The summed E-state index contributed by atoms with van der Waals surface area (Å²) >= 11 is 0. The standard InChI is InChI=1S/C26H35F2N/c1-3-24(29(4-2)17-16-20-8-6-5-7-9-20)15-12-21-10-13-22(14-11-21)23-18-25(27)26(28)19-23/h5-11,13-14,23-26H,3-4,12,15-19H2,1-2H3. The van der Waals surface area contributed by atoms with Gasteiger partial charge in [0.1, 0.15) is 12.3 Å². The maximum absolute atomic E-state index is 13.5. The third-order valence-corrected chi connectivity index (χ3v) is 6.55. The highest BCUT2D eigenvalue weighted by Gasteiger charge is 2.35. The Balaban J connectivity index is 1.51. The average molecular weight is 400 g/mol. The summed E-state index contributed by atoms with van der Waals surface area (Å²) in [5, 5.41) is 0. The van der Waals surface area contributed by atoms with Crippen molar-refractivity contribution >= 4 is 0 Å². The van der Waals surface area contributed by atoms with Crippen LogP contribution in [0.1, 0.15) is 62.1 Å². The summed E-state index contributed by atoms with van der Waals surface area (Å²) in [6.45, 7) is 6.69. The van der Waals surface area contributed by atoms with Crippen molar-refractivity contribution in [3.05, 3.63) is 71.3 Å². The molecule has 1 aliphatic rings. The fourth-order valence-corrected chi connectivity index (χ4v) is 4.66. The van der Waals surface area contributed by atoms with E-state index in [0.717, 1.165) is 44.3 Å². The lowest BCUT2D eigenvalue weighted by Crippen LogP contribution is -2.36. The zero-order valence-corrected chi connectivity index (χ0v) is 17.9. The van der Waals surface area contributed by atoms with Gasteiger partial charge in [0.15, 0.2) is 0 Å². The summed E-state index contributed by atoms with van der Waals surface area (Å²) in [5.74, 6) is 0.0333. The summed E-state index contributed by atoms with van der Waals surface area (Å²) in [4.78, 5) is 2.60. The minimum atomic E-state index is -1.29. The highest BCUT2D eigenvalue weighted by molar-refractivity contribution is 5.27. The molecule has 0 N–H and O–H groups in total. The maximum Gasteiger partial charge on any atom is 0.132 e. The minimum Gasteiger partial charge on any atom is -0.300 e. The molecule has 1 saturated carbocycles. The first-order chi connectivity index (χ1) is 14.1. The van der Waals surface area contributed by atoms with Crippen molar-refractivity contribution in [3.63, 3.8) is 0 Å². The monoisotopic (exact) mass is 399 g/mol. The van der Waals surface area contributed by atoms with Crippen molar-refractivity contribution in [3.8, 4) is 0 Å². The van der Waals surface area contributed by atoms with Crippen LogP contribution >= 0.6 is 0 Å². The van der Waals surface area contributed by atoms with E-state index in [1.807, 2.05) is 0 Å². The van der Waals surface area contributed by atoms with Crippen LogP contribution in [0.5, 0.6) is 0 Å². The van der Waals surface area contributed by atoms with Gasteiger partial charge in [-0.3, -0.25) is 0 Å². The van der Waals surface area contributed by atoms with Gasteiger partial charge in [-0.15, -0.1) is 0 Å². The Morgan fingerprint density at radius 1 is 0.862 bits per heavy atom. The molecule has 1 nitrogen and oxygen atoms in total. The molecule has 3 rings (SSSR count). The van der Waals surface area contributed by atoms with E-state index in [-0.39, 0.29) is 5.92 Å². The molecule has 0 heterocycles. The second kappa shape index (κ2) is 10.9. The highest BCUT2D eigenvalue weighted by atomic mass is 19.2. The summed E-state index contributed by atoms with van der Waals surface area (Å²) < 4.78 is 27.0. The number of benzene rings is 2. The van der Waals surface area contributed by atoms with Gasteiger partial charge in [-0.1, -0.05) is 68.4 Å². The van der Waals surface area contributed by atoms with Crippen molar-refractivity contribution in [2.75, 3.05) is 13.1 Å². The fourth-order valence-electron chi connectivity index (χ4n) is 4.66. The van der Waals surface area contributed by atoms with Crippen LogP contribution < -0.4 is 0 Å². The molecule has 3 unspecified atom stereocenters. The molecular weight excluding hydrogens is 364 g/mol. The molecule has 0 radical (unpaired) electrons. The molecule has 29 heavy (non-hydrogen) atoms. The third kappa shape index (κ3) is 6.12. The molecule has 2 aromatic carbocycles. The van der Waals surface area contributed by atoms with E-state index in [9.17, 15) is 8.78 Å². The number of halogens is 2. The van der Waals surface area contributed by atoms with Crippen LogP contribution in [0, 0.1) is 0 Å². The SMILES string of the molecule is CCC(CCc1ccc(C2CC(F)C(F)C2)cc1)N(CC)CCc1ccccc1. The van der Waals surface area contributed by atoms with Crippen molar-refractivity contribution < 1.29 is 8.78 Å². The van der Waals surface area contributed by atoms with Crippen LogP contribution in [0.3, 0.4) is 0 Å². The molecule has 2 aromatic rings. The van der Waals surface area contributed by atoms with E-state index in [4.69, 9.17) is 0 Å². The number of likely N-dealkylation sites (N-methyl/N-ethyl adjacent to an activating group) is 1. The first-order valence-corrected chi connectivity index (χ1v) is 11.3. The van der Waals surface area contributed by atoms with Gasteiger partial charge in [0.05, 0.1) is 0 Å². The first-order valence-electron chi connectivity index (χ1n) is 11.3. The quantitative estimate of drug-likeness (QED) is 0.440. The number of nitrogens with zero attached hydrogens (tertiary/aromatic N) is 1. The maximum atomic E-state index is 13.5. The zero-order chi connectivity index (χ0) is 20.6. The van der Waals surface area contributed by atoms with Gasteiger partial charge in [0, 0.05) is 12.6 Å². The van der Waals surface area contributed by atoms with Crippen LogP contribution in [0.15, 0.2) is 54.6 Å². The molecule has 0 amide bonds. The van der Waals surface area contributed by atoms with Crippen LogP contribution in [-0.4, -0.2) is 36.4 Å². The number of hydrogen-bond donors (Lipinski definition) is 0. The molecule has 0 aromatic heterocycles. The minimum absolute atomic E-state index is 0.0333. The Hall–Kier alpha value is -1.74. The number of rotatable bonds is 10. The van der Waals surface area contributed by atoms with Crippen LogP contribution in [0.25, 0.3) is 0 Å². The predicted molar refractivity (Wildman–Crippen MR) is 118 cm³/mol. The topological polar surface area (TPSA) is 3.24 Å². The molecule has 3 atom stereocenters. The van der Waals surface area contributed by atoms with Gasteiger partial charge in [-0.05, 0) is 67.7 Å². The van der Waals surface area contributed by atoms with E-state index in [1.54, 1.807) is 0 Å². The normalized spacial score (nSPS) is 22.9. The number of aryl methyl sites for hydroxylation is 1. The molecule has 0 saturated heterocycles. The first kappa shape index (κ1) is 22.0. The molecule has 1 aliphatic carbocycles. The highest BCUT2D eigenvalue weighted by Crippen LogP contribution is 2.38. The molecule has 158 valence electrons. The molecular formula is C26H35F2N. The molecule has 3 heteroatoms. The van der Waals surface area contributed by atoms with Crippen LogP contribution in [0.4, 0.5) is 8.78 Å². The van der Waals surface area contributed by atoms with Crippen molar-refractivity contribution in [2.45, 2.75) is 76.7 Å². The molecule has 0 spiro atoms. The zero-order valence-electron chi connectivity index (χ0n) is 17.9. The predicted octanol–water partition coefficient (Wildman–Crippen LogP) is 6.52. The van der Waals surface area contributed by atoms with Crippen molar-refractivity contribution in [1.29, 1.82) is 0 Å². The Morgan fingerprint density at radius 2 is 1.48 bits per heavy atom. The second-order valence-corrected chi connectivity index (χ2v) is 8.41. The van der Waals surface area contributed by atoms with E-state index in [2.05, 4.69) is 73.3 Å². The Kier molecular flexibility index (Phi) is 8.23. The summed E-state index contributed by atoms with van der Waals surface area (Å²) in [6.07, 6.45) is 2.49. The van der Waals surface area contributed by atoms with E-state index in [1.165, 1.54) is 11.1 Å². The van der Waals surface area contributed by atoms with Gasteiger partial charge in [-0.2, -0.15) is 0 Å². The fraction of sp³-hybridized carbons (Fsp3) is 0.538. The van der Waals surface area contributed by atoms with Crippen LogP contribution in [-0.2, 0) is 12.8 Å². The molecule has 0 bridgehead atoms. The van der Waals surface area contributed by atoms with E-state index >= 15 is 0 Å². The van der Waals surface area contributed by atoms with Gasteiger partial charge in [0.25, 0.3) is 0 Å². The molecule has 1 fully saturated rings. The van der Waals surface area contributed by atoms with Crippen LogP contribution in [0.2, 0.25) is 0 Å². The van der Waals surface area contributed by atoms with E-state index in [0.29, 0.717) is 18.9 Å². The van der Waals surface area contributed by atoms with E-state index < -0.39 is 12.3 Å². The summed E-state index contributed by atoms with van der Waals surface area (Å²) in [5.41, 5.74) is 3.80. The Labute approximate surface area is 175 Å². The Bertz CT molecular complexity index is 705. The Morgan fingerprint density at radius 3 is 2.07 bits per heavy atom. The lowest BCUT2D eigenvalue weighted by atomic mass is 9.95. The lowest BCUT2D eigenvalue weighted by Gasteiger charge is -2.30. The second-order valence-electron chi connectivity index (χ2n) is 8.41. The summed E-state index contributed by atoms with van der Waals surface area (Å²) in [7, 11) is 0. The smallest absolute Gasteiger partial charge is 0.132 e. The lowest BCUT2D eigenvalue weighted by molar-refractivity contribution is 0.193. The van der Waals surface area contributed by atoms with Crippen molar-refractivity contribution in [2.24, 2.45) is 0 Å². The third-order valence-electron chi connectivity index (χ3n) is 6.55. The largest absolute Gasteiger partial charge is 0.300 e. The van der Waals surface area contributed by atoms with Gasteiger partial charge >= 0.3 is 0 Å². The van der Waals surface area contributed by atoms with Gasteiger partial charge < -0.3 is 4.90 Å². The number of hydrogen-bond acceptors (Lipinski definition) is 1. The average Bonchev–Trinajstić information content (AvgIpc) is 3.10. The summed E-state index contributed by atoms with van der Waals surface area (Å²) in [6, 6.07) is 19.8. The van der Waals surface area contributed by atoms with Crippen molar-refractivity contribution in [1.82, 2.24) is 4.90 Å². The van der Waals surface area contributed by atoms with Gasteiger partial charge in [0.2, 0.25) is 0 Å². The van der Waals surface area contributed by atoms with Gasteiger partial charge in [-0.25, -0.2) is 8.78 Å².